The van der Waals surface area contributed by atoms with Crippen LogP contribution in [0.3, 0.4) is 0 Å². The summed E-state index contributed by atoms with van der Waals surface area (Å²) in [4.78, 5) is 24.3. The summed E-state index contributed by atoms with van der Waals surface area (Å²) >= 11 is 6.06. The lowest BCUT2D eigenvalue weighted by atomic mass is 9.86. The molecule has 1 fully saturated rings. The minimum Gasteiger partial charge on any atom is -0.362 e. The summed E-state index contributed by atoms with van der Waals surface area (Å²) in [6.07, 6.45) is 8.39. The summed E-state index contributed by atoms with van der Waals surface area (Å²) in [6, 6.07) is 3.46. The lowest BCUT2D eigenvalue weighted by Gasteiger charge is -2.30. The quantitative estimate of drug-likeness (QED) is 0.623. The van der Waals surface area contributed by atoms with E-state index in [0.29, 0.717) is 24.1 Å². The first-order valence-electron chi connectivity index (χ1n) is 11.9. The lowest BCUT2D eigenvalue weighted by molar-refractivity contribution is 0.0939. The van der Waals surface area contributed by atoms with Crippen molar-refractivity contribution >= 4 is 29.3 Å². The number of hydrogen-bond donors (Lipinski definition) is 2. The topological polar surface area (TPSA) is 70.2 Å². The largest absolute Gasteiger partial charge is 0.362 e. The SMILES string of the molecule is Cc1ccc(Cl)c(C(=O)NC[C@H]2CC[C@@H](Nc3nc4c(c(N(C)C)n3)CCCC4)CC2)c1F. The zero-order valence-corrected chi connectivity index (χ0v) is 20.4. The van der Waals surface area contributed by atoms with Crippen LogP contribution < -0.4 is 15.5 Å². The summed E-state index contributed by atoms with van der Waals surface area (Å²) in [5, 5.41) is 6.58. The Morgan fingerprint density at radius 1 is 1.15 bits per heavy atom. The number of anilines is 2. The van der Waals surface area contributed by atoms with E-state index in [1.165, 1.54) is 24.1 Å². The van der Waals surface area contributed by atoms with E-state index < -0.39 is 11.7 Å². The number of amides is 1. The van der Waals surface area contributed by atoms with Crippen LogP contribution >= 0.6 is 11.6 Å². The average molecular weight is 474 g/mol. The Labute approximate surface area is 200 Å². The molecular weight excluding hydrogens is 441 g/mol. The molecule has 6 nitrogen and oxygen atoms in total. The highest BCUT2D eigenvalue weighted by Gasteiger charge is 2.25. The standard InChI is InChI=1S/C25H33ClFN5O/c1-15-8-13-19(26)21(22(15)27)24(33)28-14-16-9-11-17(12-10-16)29-25-30-20-7-5-4-6-18(20)23(31-25)32(2)3/h8,13,16-17H,4-7,9-12,14H2,1-3H3,(H,28,33)(H,29,30,31)/t16-,17+. The van der Waals surface area contributed by atoms with Crippen molar-refractivity contribution in [2.24, 2.45) is 5.92 Å². The minimum absolute atomic E-state index is 0.0618. The number of nitrogens with one attached hydrogen (secondary N) is 2. The molecule has 2 N–H and O–H groups in total. The number of nitrogens with zero attached hydrogens (tertiary/aromatic N) is 3. The molecule has 0 saturated heterocycles. The molecule has 2 aromatic rings. The maximum absolute atomic E-state index is 14.4. The van der Waals surface area contributed by atoms with Gasteiger partial charge in [-0.1, -0.05) is 17.7 Å². The first kappa shape index (κ1) is 23.7. The molecule has 178 valence electrons. The Morgan fingerprint density at radius 3 is 2.61 bits per heavy atom. The second-order valence-electron chi connectivity index (χ2n) is 9.52. The van der Waals surface area contributed by atoms with Crippen LogP contribution in [0.1, 0.15) is 65.7 Å². The number of rotatable bonds is 6. The highest BCUT2D eigenvalue weighted by molar-refractivity contribution is 6.33. The Balaban J connectivity index is 1.31. The van der Waals surface area contributed by atoms with Gasteiger partial charge in [0.05, 0.1) is 16.3 Å². The van der Waals surface area contributed by atoms with E-state index in [-0.39, 0.29) is 10.6 Å². The van der Waals surface area contributed by atoms with Gasteiger partial charge in [-0.2, -0.15) is 4.98 Å². The predicted octanol–water partition coefficient (Wildman–Crippen LogP) is 4.92. The number of hydrogen-bond acceptors (Lipinski definition) is 5. The van der Waals surface area contributed by atoms with Crippen LogP contribution in [0.15, 0.2) is 12.1 Å². The molecule has 8 heteroatoms. The third-order valence-electron chi connectivity index (χ3n) is 6.83. The van der Waals surface area contributed by atoms with Gasteiger partial charge in [0, 0.05) is 32.2 Å². The molecule has 0 spiro atoms. The van der Waals surface area contributed by atoms with E-state index in [2.05, 4.69) is 15.5 Å². The summed E-state index contributed by atoms with van der Waals surface area (Å²) < 4.78 is 14.4. The molecule has 1 aromatic heterocycles. The molecular formula is C25H33ClFN5O. The lowest BCUT2D eigenvalue weighted by Crippen LogP contribution is -2.34. The van der Waals surface area contributed by atoms with Gasteiger partial charge in [0.15, 0.2) is 0 Å². The van der Waals surface area contributed by atoms with Crippen molar-refractivity contribution < 1.29 is 9.18 Å². The van der Waals surface area contributed by atoms with Crippen LogP contribution in [0.4, 0.5) is 16.2 Å². The zero-order chi connectivity index (χ0) is 23.5. The fourth-order valence-electron chi connectivity index (χ4n) is 4.89. The molecule has 1 heterocycles. The van der Waals surface area contributed by atoms with Crippen LogP contribution in [0.25, 0.3) is 0 Å². The fourth-order valence-corrected chi connectivity index (χ4v) is 5.12. The van der Waals surface area contributed by atoms with Gasteiger partial charge in [0.25, 0.3) is 5.91 Å². The van der Waals surface area contributed by atoms with Crippen molar-refractivity contribution in [3.05, 3.63) is 45.4 Å². The van der Waals surface area contributed by atoms with Gasteiger partial charge in [-0.05, 0) is 75.8 Å². The smallest absolute Gasteiger partial charge is 0.255 e. The van der Waals surface area contributed by atoms with Gasteiger partial charge >= 0.3 is 0 Å². The molecule has 1 aromatic carbocycles. The maximum Gasteiger partial charge on any atom is 0.255 e. The predicted molar refractivity (Wildman–Crippen MR) is 131 cm³/mol. The number of halogens is 2. The molecule has 0 bridgehead atoms. The molecule has 1 amide bonds. The molecule has 4 rings (SSSR count). The highest BCUT2D eigenvalue weighted by Crippen LogP contribution is 2.30. The molecule has 2 aliphatic rings. The zero-order valence-electron chi connectivity index (χ0n) is 19.7. The summed E-state index contributed by atoms with van der Waals surface area (Å²) in [7, 11) is 4.08. The molecule has 2 aliphatic carbocycles. The number of benzene rings is 1. The second-order valence-corrected chi connectivity index (χ2v) is 9.93. The fraction of sp³-hybridized carbons (Fsp3) is 0.560. The monoisotopic (exact) mass is 473 g/mol. The second kappa shape index (κ2) is 10.2. The van der Waals surface area contributed by atoms with Crippen LogP contribution in [0.2, 0.25) is 5.02 Å². The average Bonchev–Trinajstić information content (AvgIpc) is 2.80. The Morgan fingerprint density at radius 2 is 1.88 bits per heavy atom. The van der Waals surface area contributed by atoms with Gasteiger partial charge in [-0.3, -0.25) is 4.79 Å². The van der Waals surface area contributed by atoms with Crippen LogP contribution in [0, 0.1) is 18.7 Å². The molecule has 0 radical (unpaired) electrons. The van der Waals surface area contributed by atoms with E-state index in [1.54, 1.807) is 19.1 Å². The van der Waals surface area contributed by atoms with Crippen molar-refractivity contribution in [1.82, 2.24) is 15.3 Å². The molecule has 33 heavy (non-hydrogen) atoms. The van der Waals surface area contributed by atoms with Gasteiger partial charge in [-0.15, -0.1) is 0 Å². The van der Waals surface area contributed by atoms with E-state index in [1.807, 2.05) is 14.1 Å². The van der Waals surface area contributed by atoms with Gasteiger partial charge in [0.2, 0.25) is 5.95 Å². The summed E-state index contributed by atoms with van der Waals surface area (Å²) in [5.74, 6) is 1.12. The van der Waals surface area contributed by atoms with Crippen molar-refractivity contribution in [2.45, 2.75) is 64.3 Å². The normalized spacial score (nSPS) is 20.2. The third-order valence-corrected chi connectivity index (χ3v) is 7.14. The maximum atomic E-state index is 14.4. The highest BCUT2D eigenvalue weighted by atomic mass is 35.5. The molecule has 0 atom stereocenters. The first-order chi connectivity index (χ1) is 15.8. The van der Waals surface area contributed by atoms with Crippen molar-refractivity contribution in [1.29, 1.82) is 0 Å². The van der Waals surface area contributed by atoms with Crippen LogP contribution in [0.5, 0.6) is 0 Å². The van der Waals surface area contributed by atoms with E-state index in [4.69, 9.17) is 21.6 Å². The number of carbonyl (C=O) groups excluding carboxylic acids is 1. The van der Waals surface area contributed by atoms with Crippen molar-refractivity contribution in [2.75, 3.05) is 30.9 Å². The molecule has 0 unspecified atom stereocenters. The van der Waals surface area contributed by atoms with Gasteiger partial charge in [0.1, 0.15) is 11.6 Å². The van der Waals surface area contributed by atoms with E-state index in [0.717, 1.165) is 50.3 Å². The number of carbonyl (C=O) groups is 1. The Kier molecular flexibility index (Phi) is 7.37. The molecule has 0 aliphatic heterocycles. The van der Waals surface area contributed by atoms with Gasteiger partial charge < -0.3 is 15.5 Å². The first-order valence-corrected chi connectivity index (χ1v) is 12.3. The van der Waals surface area contributed by atoms with Crippen molar-refractivity contribution in [3.8, 4) is 0 Å². The van der Waals surface area contributed by atoms with E-state index in [9.17, 15) is 9.18 Å². The minimum atomic E-state index is -0.546. The van der Waals surface area contributed by atoms with Crippen LogP contribution in [-0.2, 0) is 12.8 Å². The van der Waals surface area contributed by atoms with E-state index >= 15 is 0 Å². The van der Waals surface area contributed by atoms with Gasteiger partial charge in [-0.25, -0.2) is 9.37 Å². The molecule has 1 saturated carbocycles. The summed E-state index contributed by atoms with van der Waals surface area (Å²) in [5.41, 5.74) is 2.83. The van der Waals surface area contributed by atoms with Crippen LogP contribution in [-0.4, -0.2) is 42.6 Å². The number of fused-ring (bicyclic) bond motifs is 1. The van der Waals surface area contributed by atoms with Crippen molar-refractivity contribution in [3.63, 3.8) is 0 Å². The summed E-state index contributed by atoms with van der Waals surface area (Å²) in [6.45, 7) is 2.15. The number of aryl methyl sites for hydroxylation is 2. The third kappa shape index (κ3) is 5.40. The Hall–Kier alpha value is -2.41. The Bertz CT molecular complexity index is 1020. The number of aromatic nitrogens is 2.